The lowest BCUT2D eigenvalue weighted by molar-refractivity contribution is 0.155. The van der Waals surface area contributed by atoms with Gasteiger partial charge in [0.2, 0.25) is 0 Å². The third-order valence-corrected chi connectivity index (χ3v) is 4.78. The molecule has 128 valence electrons. The summed E-state index contributed by atoms with van der Waals surface area (Å²) in [5.74, 6) is 0. The average Bonchev–Trinajstić information content (AvgIpc) is 3.14. The normalized spacial score (nSPS) is 17.7. The number of rotatable bonds is 5. The summed E-state index contributed by atoms with van der Waals surface area (Å²) in [6.45, 7) is 3.87. The van der Waals surface area contributed by atoms with Crippen LogP contribution in [0.4, 0.5) is 10.5 Å². The van der Waals surface area contributed by atoms with Crippen LogP contribution in [-0.4, -0.2) is 33.1 Å². The molecule has 1 aromatic heterocycles. The Morgan fingerprint density at radius 1 is 1.29 bits per heavy atom. The number of amides is 2. The van der Waals surface area contributed by atoms with E-state index in [1.165, 1.54) is 12.0 Å². The van der Waals surface area contributed by atoms with Crippen molar-refractivity contribution >= 4 is 11.7 Å². The number of benzene rings is 1. The summed E-state index contributed by atoms with van der Waals surface area (Å²) in [5, 5.41) is 3.05. The van der Waals surface area contributed by atoms with Crippen molar-refractivity contribution in [3.63, 3.8) is 0 Å². The summed E-state index contributed by atoms with van der Waals surface area (Å²) in [7, 11) is 0. The van der Waals surface area contributed by atoms with Crippen LogP contribution in [0.5, 0.6) is 0 Å². The van der Waals surface area contributed by atoms with Gasteiger partial charge in [-0.15, -0.1) is 0 Å². The summed E-state index contributed by atoms with van der Waals surface area (Å²) in [6, 6.07) is 8.44. The fourth-order valence-corrected chi connectivity index (χ4v) is 3.30. The molecule has 0 aliphatic carbocycles. The lowest BCUT2D eigenvalue weighted by atomic mass is 9.99. The Bertz CT molecular complexity index is 636. The smallest absolute Gasteiger partial charge is 0.322 e. The Morgan fingerprint density at radius 2 is 2.12 bits per heavy atom. The van der Waals surface area contributed by atoms with E-state index in [2.05, 4.69) is 33.9 Å². The summed E-state index contributed by atoms with van der Waals surface area (Å²) in [4.78, 5) is 18.8. The number of piperidine rings is 1. The van der Waals surface area contributed by atoms with Gasteiger partial charge in [-0.05, 0) is 49.8 Å². The summed E-state index contributed by atoms with van der Waals surface area (Å²) in [6.07, 6.45) is 11.0. The first-order valence-corrected chi connectivity index (χ1v) is 8.88. The Labute approximate surface area is 143 Å². The number of hydrogen-bond acceptors (Lipinski definition) is 2. The molecule has 0 spiro atoms. The first-order valence-electron chi connectivity index (χ1n) is 8.88. The van der Waals surface area contributed by atoms with E-state index in [0.29, 0.717) is 6.04 Å². The van der Waals surface area contributed by atoms with Crippen LogP contribution in [0.15, 0.2) is 43.0 Å². The maximum absolute atomic E-state index is 12.7. The van der Waals surface area contributed by atoms with E-state index in [1.54, 1.807) is 6.20 Å². The molecule has 0 radical (unpaired) electrons. The molecule has 5 heteroatoms. The second-order valence-corrected chi connectivity index (χ2v) is 6.41. The van der Waals surface area contributed by atoms with Gasteiger partial charge in [0.05, 0.1) is 6.33 Å². The van der Waals surface area contributed by atoms with E-state index in [0.717, 1.165) is 44.5 Å². The number of aryl methyl sites for hydroxylation is 2. The molecular weight excluding hydrogens is 300 g/mol. The molecule has 1 saturated heterocycles. The van der Waals surface area contributed by atoms with E-state index in [9.17, 15) is 4.79 Å². The third kappa shape index (κ3) is 4.16. The van der Waals surface area contributed by atoms with Gasteiger partial charge in [0.1, 0.15) is 0 Å². The van der Waals surface area contributed by atoms with Crippen LogP contribution in [-0.2, 0) is 13.0 Å². The van der Waals surface area contributed by atoms with Crippen LogP contribution in [0.1, 0.15) is 38.2 Å². The van der Waals surface area contributed by atoms with Crippen molar-refractivity contribution in [3.05, 3.63) is 48.5 Å². The number of aromatic nitrogens is 2. The molecule has 0 saturated carbocycles. The van der Waals surface area contributed by atoms with Crippen molar-refractivity contribution < 1.29 is 4.79 Å². The van der Waals surface area contributed by atoms with Gasteiger partial charge in [-0.25, -0.2) is 9.78 Å². The van der Waals surface area contributed by atoms with E-state index in [-0.39, 0.29) is 6.03 Å². The zero-order chi connectivity index (χ0) is 16.8. The Morgan fingerprint density at radius 3 is 2.83 bits per heavy atom. The minimum absolute atomic E-state index is 0.0228. The minimum Gasteiger partial charge on any atom is -0.337 e. The van der Waals surface area contributed by atoms with Crippen molar-refractivity contribution in [3.8, 4) is 0 Å². The molecular formula is C19H26N4O. The highest BCUT2D eigenvalue weighted by molar-refractivity contribution is 5.89. The van der Waals surface area contributed by atoms with Crippen LogP contribution in [0, 0.1) is 0 Å². The molecule has 1 unspecified atom stereocenters. The predicted octanol–water partition coefficient (Wildman–Crippen LogP) is 3.92. The largest absolute Gasteiger partial charge is 0.337 e. The molecule has 1 aromatic carbocycles. The number of carbonyl (C=O) groups excluding carboxylic acids is 1. The van der Waals surface area contributed by atoms with Gasteiger partial charge in [0, 0.05) is 37.2 Å². The van der Waals surface area contributed by atoms with Crippen molar-refractivity contribution in [1.82, 2.24) is 14.5 Å². The standard InChI is InChI=1S/C19H26N4O/c1-2-16-6-8-17(9-7-16)21-19(24)23-12-4-3-5-18(23)10-13-22-14-11-20-15-22/h6-9,11,14-15,18H,2-5,10,12-13H2,1H3,(H,21,24). The molecule has 1 atom stereocenters. The number of hydrogen-bond donors (Lipinski definition) is 1. The van der Waals surface area contributed by atoms with E-state index in [4.69, 9.17) is 0 Å². The number of carbonyl (C=O) groups is 1. The van der Waals surface area contributed by atoms with E-state index >= 15 is 0 Å². The number of nitrogens with one attached hydrogen (secondary N) is 1. The highest BCUT2D eigenvalue weighted by Gasteiger charge is 2.26. The van der Waals surface area contributed by atoms with Crippen LogP contribution < -0.4 is 5.32 Å². The highest BCUT2D eigenvalue weighted by Crippen LogP contribution is 2.22. The van der Waals surface area contributed by atoms with Gasteiger partial charge < -0.3 is 14.8 Å². The van der Waals surface area contributed by atoms with Crippen molar-refractivity contribution in [2.75, 3.05) is 11.9 Å². The third-order valence-electron chi connectivity index (χ3n) is 4.78. The molecule has 3 rings (SSSR count). The Hall–Kier alpha value is -2.30. The second-order valence-electron chi connectivity index (χ2n) is 6.41. The van der Waals surface area contributed by atoms with Gasteiger partial charge >= 0.3 is 6.03 Å². The first kappa shape index (κ1) is 16.6. The second kappa shape index (κ2) is 7.99. The molecule has 2 amide bonds. The van der Waals surface area contributed by atoms with Gasteiger partial charge in [-0.2, -0.15) is 0 Å². The molecule has 1 N–H and O–H groups in total. The summed E-state index contributed by atoms with van der Waals surface area (Å²) >= 11 is 0. The zero-order valence-corrected chi connectivity index (χ0v) is 14.3. The number of imidazole rings is 1. The quantitative estimate of drug-likeness (QED) is 0.905. The van der Waals surface area contributed by atoms with E-state index < -0.39 is 0 Å². The predicted molar refractivity (Wildman–Crippen MR) is 96.0 cm³/mol. The van der Waals surface area contributed by atoms with Crippen LogP contribution >= 0.6 is 0 Å². The molecule has 2 heterocycles. The van der Waals surface area contributed by atoms with E-state index in [1.807, 2.05) is 29.6 Å². The molecule has 5 nitrogen and oxygen atoms in total. The van der Waals surface area contributed by atoms with Gasteiger partial charge in [0.15, 0.2) is 0 Å². The van der Waals surface area contributed by atoms with Gasteiger partial charge in [-0.3, -0.25) is 0 Å². The SMILES string of the molecule is CCc1ccc(NC(=O)N2CCCCC2CCn2ccnc2)cc1. The molecule has 2 aromatic rings. The van der Waals surface area contributed by atoms with Gasteiger partial charge in [0.25, 0.3) is 0 Å². The highest BCUT2D eigenvalue weighted by atomic mass is 16.2. The van der Waals surface area contributed by atoms with Crippen molar-refractivity contribution in [2.24, 2.45) is 0 Å². The van der Waals surface area contributed by atoms with Crippen LogP contribution in [0.3, 0.4) is 0 Å². The average molecular weight is 326 g/mol. The molecule has 1 fully saturated rings. The number of anilines is 1. The minimum atomic E-state index is 0.0228. The van der Waals surface area contributed by atoms with Crippen LogP contribution in [0.2, 0.25) is 0 Å². The zero-order valence-electron chi connectivity index (χ0n) is 14.3. The molecule has 0 bridgehead atoms. The first-order chi connectivity index (χ1) is 11.8. The lowest BCUT2D eigenvalue weighted by Gasteiger charge is -2.36. The monoisotopic (exact) mass is 326 g/mol. The number of urea groups is 1. The topological polar surface area (TPSA) is 50.2 Å². The maximum atomic E-state index is 12.7. The number of likely N-dealkylation sites (tertiary alicyclic amines) is 1. The van der Waals surface area contributed by atoms with Gasteiger partial charge in [-0.1, -0.05) is 19.1 Å². The number of nitrogens with zero attached hydrogens (tertiary/aromatic N) is 3. The summed E-state index contributed by atoms with van der Waals surface area (Å²) < 4.78 is 2.08. The molecule has 1 aliphatic rings. The molecule has 1 aliphatic heterocycles. The Balaban J connectivity index is 1.59. The van der Waals surface area contributed by atoms with Crippen LogP contribution in [0.25, 0.3) is 0 Å². The fraction of sp³-hybridized carbons (Fsp3) is 0.474. The van der Waals surface area contributed by atoms with Crippen molar-refractivity contribution in [2.45, 2.75) is 51.6 Å². The molecule has 24 heavy (non-hydrogen) atoms. The summed E-state index contributed by atoms with van der Waals surface area (Å²) in [5.41, 5.74) is 2.15. The maximum Gasteiger partial charge on any atom is 0.322 e. The lowest BCUT2D eigenvalue weighted by Crippen LogP contribution is -2.46. The Kier molecular flexibility index (Phi) is 5.51. The van der Waals surface area contributed by atoms with Crippen molar-refractivity contribution in [1.29, 1.82) is 0 Å². The fourth-order valence-electron chi connectivity index (χ4n) is 3.30.